The van der Waals surface area contributed by atoms with Crippen molar-refractivity contribution in [3.8, 4) is 0 Å². The van der Waals surface area contributed by atoms with Crippen LogP contribution in [0, 0.1) is 5.92 Å². The fraction of sp³-hybridized carbons (Fsp3) is 0.407. The zero-order valence-electron chi connectivity index (χ0n) is 21.5. The molecule has 1 aliphatic heterocycles. The number of carbonyl (C=O) groups is 3. The van der Waals surface area contributed by atoms with Crippen molar-refractivity contribution in [2.24, 2.45) is 17.4 Å². The van der Waals surface area contributed by atoms with Gasteiger partial charge in [-0.15, -0.1) is 11.3 Å². The molecule has 2 aromatic carbocycles. The monoisotopic (exact) mass is 543 g/mol. The Morgan fingerprint density at radius 3 is 2.22 bits per heavy atom. The Labute approximate surface area is 226 Å². The molecule has 2 aliphatic rings. The summed E-state index contributed by atoms with van der Waals surface area (Å²) >= 11 is 7.24. The van der Waals surface area contributed by atoms with Crippen molar-refractivity contribution in [2.45, 2.75) is 45.2 Å². The molecule has 37 heavy (non-hydrogen) atoms. The van der Waals surface area contributed by atoms with Crippen LogP contribution in [-0.2, 0) is 17.9 Å². The van der Waals surface area contributed by atoms with Gasteiger partial charge in [0.2, 0.25) is 11.8 Å². The summed E-state index contributed by atoms with van der Waals surface area (Å²) in [4.78, 5) is 42.3. The minimum atomic E-state index is -0.419. The van der Waals surface area contributed by atoms with E-state index in [0.29, 0.717) is 27.4 Å². The average Bonchev–Trinajstić information content (AvgIpc) is 3.42. The van der Waals surface area contributed by atoms with Gasteiger partial charge in [0.15, 0.2) is 5.01 Å². The molecule has 1 aromatic heterocycles. The molecular weight excluding hydrogens is 510 g/mol. The first-order valence-electron chi connectivity index (χ1n) is 12.2. The number of nitrogens with two attached hydrogens (primary N) is 2. The molecule has 0 unspecified atom stereocenters. The van der Waals surface area contributed by atoms with Crippen molar-refractivity contribution in [1.82, 2.24) is 14.8 Å². The summed E-state index contributed by atoms with van der Waals surface area (Å²) in [6.07, 6.45) is 6.01. The fourth-order valence-corrected chi connectivity index (χ4v) is 5.56. The van der Waals surface area contributed by atoms with E-state index in [2.05, 4.69) is 9.88 Å². The number of halogens is 1. The third kappa shape index (κ3) is 7.99. The molecule has 1 saturated carbocycles. The van der Waals surface area contributed by atoms with Crippen LogP contribution >= 0.6 is 22.9 Å². The van der Waals surface area contributed by atoms with Gasteiger partial charge in [-0.05, 0) is 54.9 Å². The number of benzene rings is 2. The number of amides is 3. The minimum Gasteiger partial charge on any atom is -0.366 e. The first-order chi connectivity index (χ1) is 17.5. The molecule has 8 nitrogen and oxygen atoms in total. The molecule has 4 N–H and O–H groups in total. The van der Waals surface area contributed by atoms with Gasteiger partial charge in [-0.3, -0.25) is 19.3 Å². The van der Waals surface area contributed by atoms with Gasteiger partial charge >= 0.3 is 0 Å². The zero-order chi connectivity index (χ0) is 27.1. The summed E-state index contributed by atoms with van der Waals surface area (Å²) in [7, 11) is 5.71. The van der Waals surface area contributed by atoms with Gasteiger partial charge in [0.1, 0.15) is 0 Å². The largest absolute Gasteiger partial charge is 0.366 e. The van der Waals surface area contributed by atoms with Gasteiger partial charge in [-0.2, -0.15) is 0 Å². The van der Waals surface area contributed by atoms with Gasteiger partial charge in [-0.25, -0.2) is 4.98 Å². The Morgan fingerprint density at radius 1 is 0.973 bits per heavy atom. The van der Waals surface area contributed by atoms with E-state index in [4.69, 9.17) is 23.1 Å². The summed E-state index contributed by atoms with van der Waals surface area (Å²) in [6.45, 7) is 1.72. The van der Waals surface area contributed by atoms with Crippen molar-refractivity contribution >= 4 is 51.4 Å². The molecule has 3 aromatic rings. The van der Waals surface area contributed by atoms with E-state index >= 15 is 0 Å². The van der Waals surface area contributed by atoms with Crippen LogP contribution in [0.3, 0.4) is 0 Å². The van der Waals surface area contributed by atoms with Crippen LogP contribution in [0.25, 0.3) is 10.8 Å². The maximum absolute atomic E-state index is 11.4. The van der Waals surface area contributed by atoms with Gasteiger partial charge in [0.05, 0.1) is 5.69 Å². The summed E-state index contributed by atoms with van der Waals surface area (Å²) in [5.74, 6) is -0.178. The van der Waals surface area contributed by atoms with Crippen molar-refractivity contribution in [1.29, 1.82) is 0 Å². The van der Waals surface area contributed by atoms with Gasteiger partial charge in [0, 0.05) is 48.6 Å². The van der Waals surface area contributed by atoms with Crippen molar-refractivity contribution in [3.05, 3.63) is 62.6 Å². The van der Waals surface area contributed by atoms with Crippen LogP contribution in [0.4, 0.5) is 0 Å². The molecule has 0 spiro atoms. The zero-order valence-corrected chi connectivity index (χ0v) is 23.1. The number of primary amides is 2. The number of thiazole rings is 1. The Hall–Kier alpha value is -3.01. The van der Waals surface area contributed by atoms with Gasteiger partial charge in [0.25, 0.3) is 5.91 Å². The highest BCUT2D eigenvalue weighted by atomic mass is 35.5. The second-order valence-corrected chi connectivity index (χ2v) is 11.1. The normalized spacial score (nSPS) is 15.1. The SMILES string of the molecule is CN(C)C(=O)C1CCCCC1.CN1Cc2nc(C(N)=O)sc2C1.NC(=O)c1ccc2cc(Cl)ccc2c1. The highest BCUT2D eigenvalue weighted by molar-refractivity contribution is 7.13. The molecular formula is C27H34ClN5O3S. The Bertz CT molecular complexity index is 1250. The molecule has 5 rings (SSSR count). The van der Waals surface area contributed by atoms with Crippen molar-refractivity contribution in [3.63, 3.8) is 0 Å². The van der Waals surface area contributed by atoms with E-state index < -0.39 is 11.8 Å². The predicted octanol–water partition coefficient (Wildman–Crippen LogP) is 4.43. The number of nitrogens with zero attached hydrogens (tertiary/aromatic N) is 3. The highest BCUT2D eigenvalue weighted by Gasteiger charge is 2.22. The van der Waals surface area contributed by atoms with Crippen LogP contribution in [-0.4, -0.2) is 53.6 Å². The topological polar surface area (TPSA) is 123 Å². The van der Waals surface area contributed by atoms with Crippen molar-refractivity contribution < 1.29 is 14.4 Å². The number of rotatable bonds is 3. The second-order valence-electron chi connectivity index (χ2n) is 9.56. The Morgan fingerprint density at radius 2 is 1.62 bits per heavy atom. The summed E-state index contributed by atoms with van der Waals surface area (Å²) in [5, 5.41) is 3.09. The number of fused-ring (bicyclic) bond motifs is 2. The van der Waals surface area contributed by atoms with Crippen LogP contribution in [0.15, 0.2) is 36.4 Å². The van der Waals surface area contributed by atoms with Crippen LogP contribution in [0.1, 0.15) is 62.8 Å². The molecule has 0 saturated heterocycles. The number of hydrogen-bond acceptors (Lipinski definition) is 6. The molecule has 1 fully saturated rings. The summed E-state index contributed by atoms with van der Waals surface area (Å²) in [6, 6.07) is 10.8. The van der Waals surface area contributed by atoms with Crippen LogP contribution < -0.4 is 11.5 Å². The molecule has 0 atom stereocenters. The van der Waals surface area contributed by atoms with E-state index in [0.717, 1.165) is 42.4 Å². The third-order valence-electron chi connectivity index (χ3n) is 6.30. The first kappa shape index (κ1) is 28.6. The maximum Gasteiger partial charge on any atom is 0.277 e. The van der Waals surface area contributed by atoms with E-state index in [1.807, 2.05) is 39.3 Å². The quantitative estimate of drug-likeness (QED) is 0.505. The lowest BCUT2D eigenvalue weighted by atomic mass is 9.88. The van der Waals surface area contributed by atoms with E-state index in [1.165, 1.54) is 35.5 Å². The first-order valence-corrected chi connectivity index (χ1v) is 13.4. The maximum atomic E-state index is 11.4. The molecule has 10 heteroatoms. The highest BCUT2D eigenvalue weighted by Crippen LogP contribution is 2.27. The minimum absolute atomic E-state index is 0.324. The van der Waals surface area contributed by atoms with E-state index in [1.54, 1.807) is 23.1 Å². The standard InChI is InChI=1S/C11H8ClNO.C9H17NO.C7H9N3OS/c12-10-4-3-7-5-9(11(13)14)2-1-8(7)6-10;1-10(2)9(11)8-6-4-3-5-7-8;1-10-2-4-5(3-10)12-7(9-4)6(8)11/h1-6H,(H2,13,14);8H,3-7H2,1-2H3;2-3H2,1H3,(H2,8,11). The number of hydrogen-bond donors (Lipinski definition) is 2. The Balaban J connectivity index is 0.000000156. The number of carbonyl (C=O) groups excluding carboxylic acids is 3. The van der Waals surface area contributed by atoms with Crippen LogP contribution in [0.2, 0.25) is 5.02 Å². The molecule has 0 radical (unpaired) electrons. The van der Waals surface area contributed by atoms with Crippen molar-refractivity contribution in [2.75, 3.05) is 21.1 Å². The molecule has 2 heterocycles. The van der Waals surface area contributed by atoms with E-state index in [-0.39, 0.29) is 0 Å². The predicted molar refractivity (Wildman–Crippen MR) is 149 cm³/mol. The van der Waals surface area contributed by atoms with E-state index in [9.17, 15) is 14.4 Å². The fourth-order valence-electron chi connectivity index (χ4n) is 4.38. The van der Waals surface area contributed by atoms with Gasteiger partial charge < -0.3 is 16.4 Å². The lowest BCUT2D eigenvalue weighted by Gasteiger charge is -2.23. The second kappa shape index (κ2) is 13.0. The smallest absolute Gasteiger partial charge is 0.277 e. The average molecular weight is 544 g/mol. The lowest BCUT2D eigenvalue weighted by molar-refractivity contribution is -0.133. The molecule has 3 amide bonds. The molecule has 1 aliphatic carbocycles. The Kier molecular flexibility index (Phi) is 10.0. The van der Waals surface area contributed by atoms with Gasteiger partial charge in [-0.1, -0.05) is 43.0 Å². The molecule has 0 bridgehead atoms. The molecule has 198 valence electrons. The van der Waals surface area contributed by atoms with Crippen LogP contribution in [0.5, 0.6) is 0 Å². The summed E-state index contributed by atoms with van der Waals surface area (Å²) in [5.41, 5.74) is 11.8. The summed E-state index contributed by atoms with van der Waals surface area (Å²) < 4.78 is 0. The third-order valence-corrected chi connectivity index (χ3v) is 7.64. The lowest BCUT2D eigenvalue weighted by Crippen LogP contribution is -2.30. The number of aromatic nitrogens is 1.